The number of aromatic nitrogens is 1. The molecule has 0 radical (unpaired) electrons. The number of amides is 1. The summed E-state index contributed by atoms with van der Waals surface area (Å²) in [5.74, 6) is 0.494. The van der Waals surface area contributed by atoms with E-state index in [4.69, 9.17) is 9.26 Å². The van der Waals surface area contributed by atoms with Crippen molar-refractivity contribution in [2.75, 3.05) is 6.54 Å². The molecule has 1 amide bonds. The molecule has 0 atom stereocenters. The number of benzene rings is 1. The molecule has 0 unspecified atom stereocenters. The van der Waals surface area contributed by atoms with E-state index in [2.05, 4.69) is 10.5 Å². The Balaban J connectivity index is 1.66. The Hall–Kier alpha value is -2.50. The van der Waals surface area contributed by atoms with E-state index < -0.39 is 6.09 Å². The highest BCUT2D eigenvalue weighted by Gasteiger charge is 2.04. The van der Waals surface area contributed by atoms with Gasteiger partial charge in [0.25, 0.3) is 5.56 Å². The third-order valence-corrected chi connectivity index (χ3v) is 2.43. The number of carbonyl (C=O) groups excluding carboxylic acids is 1. The lowest BCUT2D eigenvalue weighted by Gasteiger charge is -2.05. The van der Waals surface area contributed by atoms with Crippen LogP contribution in [0.2, 0.25) is 0 Å². The Morgan fingerprint density at radius 3 is 2.79 bits per heavy atom. The molecule has 6 nitrogen and oxygen atoms in total. The zero-order chi connectivity index (χ0) is 13.5. The number of H-pyrrole nitrogens is 1. The maximum Gasteiger partial charge on any atom is 0.407 e. The van der Waals surface area contributed by atoms with Gasteiger partial charge in [-0.3, -0.25) is 4.79 Å². The zero-order valence-corrected chi connectivity index (χ0v) is 10.2. The largest absolute Gasteiger partial charge is 0.445 e. The molecule has 6 heteroatoms. The van der Waals surface area contributed by atoms with Crippen LogP contribution in [0.5, 0.6) is 0 Å². The van der Waals surface area contributed by atoms with Gasteiger partial charge in [-0.2, -0.15) is 5.16 Å². The van der Waals surface area contributed by atoms with E-state index in [0.29, 0.717) is 18.7 Å². The van der Waals surface area contributed by atoms with Crippen molar-refractivity contribution >= 4 is 6.09 Å². The Kier molecular flexibility index (Phi) is 4.39. The second-order valence-corrected chi connectivity index (χ2v) is 3.92. The molecule has 100 valence electrons. The number of alkyl carbamates (subject to hydrolysis) is 1. The molecule has 2 rings (SSSR count). The minimum atomic E-state index is -0.498. The van der Waals surface area contributed by atoms with Crippen LogP contribution in [-0.4, -0.2) is 17.8 Å². The summed E-state index contributed by atoms with van der Waals surface area (Å²) in [4.78, 5) is 22.2. The van der Waals surface area contributed by atoms with E-state index in [1.807, 2.05) is 30.3 Å². The average Bonchev–Trinajstić information content (AvgIpc) is 2.83. The number of ether oxygens (including phenoxy) is 1. The molecule has 0 aliphatic rings. The Bertz CT molecular complexity index is 574. The zero-order valence-electron chi connectivity index (χ0n) is 10.2. The quantitative estimate of drug-likeness (QED) is 0.853. The Morgan fingerprint density at radius 2 is 2.11 bits per heavy atom. The summed E-state index contributed by atoms with van der Waals surface area (Å²) in [6.45, 7) is 0.570. The van der Waals surface area contributed by atoms with Crippen molar-refractivity contribution in [3.63, 3.8) is 0 Å². The first kappa shape index (κ1) is 12.9. The Labute approximate surface area is 109 Å². The highest BCUT2D eigenvalue weighted by molar-refractivity contribution is 5.67. The van der Waals surface area contributed by atoms with Crippen LogP contribution in [0.4, 0.5) is 4.79 Å². The van der Waals surface area contributed by atoms with Crippen molar-refractivity contribution in [3.05, 3.63) is 58.1 Å². The molecule has 0 saturated carbocycles. The van der Waals surface area contributed by atoms with E-state index in [-0.39, 0.29) is 12.2 Å². The van der Waals surface area contributed by atoms with Crippen molar-refractivity contribution in [3.8, 4) is 0 Å². The minimum Gasteiger partial charge on any atom is -0.445 e. The first-order valence-corrected chi connectivity index (χ1v) is 5.86. The molecule has 0 fully saturated rings. The summed E-state index contributed by atoms with van der Waals surface area (Å²) in [5, 5.41) is 4.75. The maximum atomic E-state index is 11.4. The minimum absolute atomic E-state index is 0.228. The third kappa shape index (κ3) is 4.34. The number of carbonyl (C=O) groups is 1. The van der Waals surface area contributed by atoms with Gasteiger partial charge in [0.2, 0.25) is 0 Å². The van der Waals surface area contributed by atoms with Gasteiger partial charge in [0, 0.05) is 19.0 Å². The molecule has 0 aliphatic carbocycles. The SMILES string of the molecule is O=C(NCCc1cc(=O)[nH]o1)OCc1ccccc1. The van der Waals surface area contributed by atoms with E-state index >= 15 is 0 Å². The average molecular weight is 262 g/mol. The second-order valence-electron chi connectivity index (χ2n) is 3.92. The van der Waals surface area contributed by atoms with Gasteiger partial charge in [-0.1, -0.05) is 30.3 Å². The monoisotopic (exact) mass is 262 g/mol. The number of nitrogens with one attached hydrogen (secondary N) is 2. The van der Waals surface area contributed by atoms with Gasteiger partial charge in [-0.15, -0.1) is 0 Å². The molecule has 19 heavy (non-hydrogen) atoms. The van der Waals surface area contributed by atoms with Gasteiger partial charge in [-0.05, 0) is 5.56 Å². The molecular formula is C13H14N2O4. The van der Waals surface area contributed by atoms with Gasteiger partial charge >= 0.3 is 6.09 Å². The highest BCUT2D eigenvalue weighted by Crippen LogP contribution is 2.00. The first-order valence-electron chi connectivity index (χ1n) is 5.86. The fraction of sp³-hybridized carbons (Fsp3) is 0.231. The molecule has 2 aromatic rings. The van der Waals surface area contributed by atoms with Crippen LogP contribution < -0.4 is 10.9 Å². The lowest BCUT2D eigenvalue weighted by atomic mass is 10.2. The van der Waals surface area contributed by atoms with E-state index in [9.17, 15) is 9.59 Å². The lowest BCUT2D eigenvalue weighted by molar-refractivity contribution is 0.139. The summed E-state index contributed by atoms with van der Waals surface area (Å²) in [5.41, 5.74) is 0.635. The smallest absolute Gasteiger partial charge is 0.407 e. The second kappa shape index (κ2) is 6.44. The fourth-order valence-corrected chi connectivity index (χ4v) is 1.51. The van der Waals surface area contributed by atoms with Crippen molar-refractivity contribution in [2.24, 2.45) is 0 Å². The molecule has 0 saturated heterocycles. The normalized spacial score (nSPS) is 10.1. The van der Waals surface area contributed by atoms with Crippen LogP contribution in [0, 0.1) is 0 Å². The highest BCUT2D eigenvalue weighted by atomic mass is 16.5. The summed E-state index contributed by atoms with van der Waals surface area (Å²) in [7, 11) is 0. The van der Waals surface area contributed by atoms with Crippen LogP contribution >= 0.6 is 0 Å². The van der Waals surface area contributed by atoms with E-state index in [0.717, 1.165) is 5.56 Å². The number of hydrogen-bond donors (Lipinski definition) is 2. The molecule has 0 bridgehead atoms. The van der Waals surface area contributed by atoms with Crippen molar-refractivity contribution in [1.82, 2.24) is 10.5 Å². The lowest BCUT2D eigenvalue weighted by Crippen LogP contribution is -2.26. The number of rotatable bonds is 5. The summed E-state index contributed by atoms with van der Waals surface area (Å²) in [6.07, 6.45) is -0.0687. The van der Waals surface area contributed by atoms with Crippen molar-refractivity contribution in [2.45, 2.75) is 13.0 Å². The molecular weight excluding hydrogens is 248 g/mol. The molecule has 2 N–H and O–H groups in total. The Morgan fingerprint density at radius 1 is 1.32 bits per heavy atom. The van der Waals surface area contributed by atoms with Crippen molar-refractivity contribution in [1.29, 1.82) is 0 Å². The predicted molar refractivity (Wildman–Crippen MR) is 67.7 cm³/mol. The predicted octanol–water partition coefficient (Wildman–Crippen LogP) is 1.44. The van der Waals surface area contributed by atoms with Crippen LogP contribution in [0.3, 0.4) is 0 Å². The van der Waals surface area contributed by atoms with Crippen LogP contribution in [-0.2, 0) is 17.8 Å². The van der Waals surface area contributed by atoms with Crippen LogP contribution in [0.25, 0.3) is 0 Å². The molecule has 1 aromatic heterocycles. The van der Waals surface area contributed by atoms with Crippen molar-refractivity contribution < 1.29 is 14.1 Å². The topological polar surface area (TPSA) is 84.3 Å². The van der Waals surface area contributed by atoms with Crippen LogP contribution in [0.1, 0.15) is 11.3 Å². The summed E-state index contributed by atoms with van der Waals surface area (Å²) in [6, 6.07) is 10.8. The third-order valence-electron chi connectivity index (χ3n) is 2.43. The maximum absolute atomic E-state index is 11.4. The van der Waals surface area contributed by atoms with Gasteiger partial charge in [-0.25, -0.2) is 4.79 Å². The molecule has 1 aromatic carbocycles. The fourth-order valence-electron chi connectivity index (χ4n) is 1.51. The molecule has 0 aliphatic heterocycles. The molecule has 0 spiro atoms. The summed E-state index contributed by atoms with van der Waals surface area (Å²) >= 11 is 0. The number of hydrogen-bond acceptors (Lipinski definition) is 4. The number of aromatic amines is 1. The van der Waals surface area contributed by atoms with E-state index in [1.165, 1.54) is 6.07 Å². The van der Waals surface area contributed by atoms with Crippen LogP contribution in [0.15, 0.2) is 45.7 Å². The van der Waals surface area contributed by atoms with Gasteiger partial charge < -0.3 is 14.6 Å². The van der Waals surface area contributed by atoms with E-state index in [1.54, 1.807) is 0 Å². The first-order chi connectivity index (χ1) is 9.24. The molecule has 1 heterocycles. The van der Waals surface area contributed by atoms with Gasteiger partial charge in [0.05, 0.1) is 0 Å². The standard InChI is InChI=1S/C13H14N2O4/c16-12-8-11(19-15-12)6-7-14-13(17)18-9-10-4-2-1-3-5-10/h1-5,8H,6-7,9H2,(H,14,17)(H,15,16). The summed E-state index contributed by atoms with van der Waals surface area (Å²) < 4.78 is 9.87. The van der Waals surface area contributed by atoms with Gasteiger partial charge in [0.15, 0.2) is 0 Å². The van der Waals surface area contributed by atoms with Gasteiger partial charge in [0.1, 0.15) is 12.4 Å².